The molecule has 0 saturated carbocycles. The maximum absolute atomic E-state index is 13.3. The van der Waals surface area contributed by atoms with Gasteiger partial charge in [-0.2, -0.15) is 0 Å². The SMILES string of the molecule is Cc1cc(F)c(N)cc1S(=O)(=O)Nc1cccc(Br)c1. The Hall–Kier alpha value is -1.60. The number of halogens is 2. The molecule has 20 heavy (non-hydrogen) atoms. The summed E-state index contributed by atoms with van der Waals surface area (Å²) in [4.78, 5) is -0.0450. The zero-order chi connectivity index (χ0) is 14.9. The van der Waals surface area contributed by atoms with Gasteiger partial charge < -0.3 is 5.73 Å². The molecule has 0 radical (unpaired) electrons. The Kier molecular flexibility index (Phi) is 4.01. The third-order valence-electron chi connectivity index (χ3n) is 2.66. The van der Waals surface area contributed by atoms with Crippen LogP contribution in [0.25, 0.3) is 0 Å². The molecule has 0 aliphatic carbocycles. The first kappa shape index (κ1) is 14.8. The third kappa shape index (κ3) is 3.10. The molecular weight excluding hydrogens is 347 g/mol. The number of aryl methyl sites for hydroxylation is 1. The van der Waals surface area contributed by atoms with Gasteiger partial charge in [0.05, 0.1) is 10.6 Å². The van der Waals surface area contributed by atoms with E-state index in [9.17, 15) is 12.8 Å². The second-order valence-electron chi connectivity index (χ2n) is 4.26. The Morgan fingerprint density at radius 1 is 1.25 bits per heavy atom. The largest absolute Gasteiger partial charge is 0.396 e. The topological polar surface area (TPSA) is 72.2 Å². The minimum Gasteiger partial charge on any atom is -0.396 e. The van der Waals surface area contributed by atoms with Gasteiger partial charge in [0.2, 0.25) is 0 Å². The van der Waals surface area contributed by atoms with E-state index < -0.39 is 15.8 Å². The summed E-state index contributed by atoms with van der Waals surface area (Å²) in [6.45, 7) is 1.51. The van der Waals surface area contributed by atoms with E-state index in [1.54, 1.807) is 24.3 Å². The first-order valence-corrected chi connectivity index (χ1v) is 7.91. The number of hydrogen-bond acceptors (Lipinski definition) is 3. The number of hydrogen-bond donors (Lipinski definition) is 2. The van der Waals surface area contributed by atoms with E-state index in [4.69, 9.17) is 5.73 Å². The van der Waals surface area contributed by atoms with E-state index in [2.05, 4.69) is 20.7 Å². The number of sulfonamides is 1. The van der Waals surface area contributed by atoms with Crippen LogP contribution in [0.3, 0.4) is 0 Å². The number of anilines is 2. The van der Waals surface area contributed by atoms with E-state index in [1.165, 1.54) is 6.92 Å². The van der Waals surface area contributed by atoms with Crippen molar-refractivity contribution in [2.45, 2.75) is 11.8 Å². The van der Waals surface area contributed by atoms with Crippen LogP contribution in [-0.2, 0) is 10.0 Å². The predicted molar refractivity (Wildman–Crippen MR) is 80.5 cm³/mol. The summed E-state index contributed by atoms with van der Waals surface area (Å²) in [7, 11) is -3.82. The molecule has 2 aromatic rings. The Bertz CT molecular complexity index is 763. The second-order valence-corrected chi connectivity index (χ2v) is 6.82. The van der Waals surface area contributed by atoms with Crippen LogP contribution in [0.1, 0.15) is 5.56 Å². The number of benzene rings is 2. The highest BCUT2D eigenvalue weighted by molar-refractivity contribution is 9.10. The van der Waals surface area contributed by atoms with Crippen LogP contribution in [-0.4, -0.2) is 8.42 Å². The zero-order valence-corrected chi connectivity index (χ0v) is 12.9. The molecule has 0 atom stereocenters. The van der Waals surface area contributed by atoms with Gasteiger partial charge in [0, 0.05) is 10.2 Å². The lowest BCUT2D eigenvalue weighted by Gasteiger charge is -2.11. The Morgan fingerprint density at radius 2 is 1.95 bits per heavy atom. The first-order chi connectivity index (χ1) is 9.29. The number of nitrogens with two attached hydrogens (primary N) is 1. The highest BCUT2D eigenvalue weighted by atomic mass is 79.9. The van der Waals surface area contributed by atoms with E-state index in [-0.39, 0.29) is 10.6 Å². The minimum absolute atomic E-state index is 0.0450. The van der Waals surface area contributed by atoms with Crippen LogP contribution >= 0.6 is 15.9 Å². The summed E-state index contributed by atoms with van der Waals surface area (Å²) < 4.78 is 41.0. The molecule has 0 saturated heterocycles. The van der Waals surface area contributed by atoms with Crippen molar-refractivity contribution in [1.82, 2.24) is 0 Å². The Labute approximate surface area is 125 Å². The molecule has 0 aliphatic heterocycles. The average molecular weight is 359 g/mol. The summed E-state index contributed by atoms with van der Waals surface area (Å²) in [5.74, 6) is -0.635. The van der Waals surface area contributed by atoms with Crippen molar-refractivity contribution in [3.8, 4) is 0 Å². The Morgan fingerprint density at radius 3 is 2.60 bits per heavy atom. The molecule has 0 bridgehead atoms. The quantitative estimate of drug-likeness (QED) is 0.827. The summed E-state index contributed by atoms with van der Waals surface area (Å²) >= 11 is 3.26. The van der Waals surface area contributed by atoms with Crippen molar-refractivity contribution in [1.29, 1.82) is 0 Å². The highest BCUT2D eigenvalue weighted by Gasteiger charge is 2.19. The highest BCUT2D eigenvalue weighted by Crippen LogP contribution is 2.24. The van der Waals surface area contributed by atoms with Crippen molar-refractivity contribution in [2.75, 3.05) is 10.5 Å². The van der Waals surface area contributed by atoms with Crippen LogP contribution in [0.5, 0.6) is 0 Å². The molecule has 2 aromatic carbocycles. The van der Waals surface area contributed by atoms with Crippen LogP contribution in [0.15, 0.2) is 45.8 Å². The molecule has 7 heteroatoms. The maximum Gasteiger partial charge on any atom is 0.262 e. The molecule has 0 spiro atoms. The van der Waals surface area contributed by atoms with Crippen LogP contribution < -0.4 is 10.5 Å². The van der Waals surface area contributed by atoms with E-state index in [1.807, 2.05) is 0 Å². The molecule has 3 N–H and O–H groups in total. The predicted octanol–water partition coefficient (Wildman–Crippen LogP) is 3.28. The molecule has 0 aromatic heterocycles. The summed E-state index contributed by atoms with van der Waals surface area (Å²) in [5.41, 5.74) is 5.92. The smallest absolute Gasteiger partial charge is 0.262 e. The number of nitrogen functional groups attached to an aromatic ring is 1. The molecule has 0 fully saturated rings. The van der Waals surface area contributed by atoms with Crippen molar-refractivity contribution < 1.29 is 12.8 Å². The van der Waals surface area contributed by atoms with Gasteiger partial charge in [-0.1, -0.05) is 22.0 Å². The minimum atomic E-state index is -3.82. The second kappa shape index (κ2) is 5.41. The lowest BCUT2D eigenvalue weighted by Crippen LogP contribution is -2.15. The summed E-state index contributed by atoms with van der Waals surface area (Å²) in [6, 6.07) is 8.94. The summed E-state index contributed by atoms with van der Waals surface area (Å²) in [5, 5.41) is 0. The van der Waals surface area contributed by atoms with Crippen molar-refractivity contribution in [3.63, 3.8) is 0 Å². The molecule has 106 valence electrons. The standard InChI is InChI=1S/C13H12BrFN2O2S/c1-8-5-11(15)12(16)7-13(8)20(18,19)17-10-4-2-3-9(14)6-10/h2-7,17H,16H2,1H3. The van der Waals surface area contributed by atoms with Crippen molar-refractivity contribution >= 4 is 37.3 Å². The van der Waals surface area contributed by atoms with Crippen LogP contribution in [0.2, 0.25) is 0 Å². The third-order valence-corrected chi connectivity index (χ3v) is 4.68. The molecule has 2 rings (SSSR count). The fraction of sp³-hybridized carbons (Fsp3) is 0.0769. The molecule has 0 heterocycles. The molecule has 0 aliphatic rings. The summed E-state index contributed by atoms with van der Waals surface area (Å²) in [6.07, 6.45) is 0. The fourth-order valence-electron chi connectivity index (χ4n) is 1.72. The molecule has 4 nitrogen and oxygen atoms in total. The monoisotopic (exact) mass is 358 g/mol. The number of nitrogens with one attached hydrogen (secondary N) is 1. The average Bonchev–Trinajstić information content (AvgIpc) is 2.33. The van der Waals surface area contributed by atoms with Gasteiger partial charge in [-0.15, -0.1) is 0 Å². The van der Waals surface area contributed by atoms with Gasteiger partial charge in [-0.25, -0.2) is 12.8 Å². The van der Waals surface area contributed by atoms with Gasteiger partial charge in [0.1, 0.15) is 5.82 Å². The lowest BCUT2D eigenvalue weighted by molar-refractivity contribution is 0.599. The molecular formula is C13H12BrFN2O2S. The first-order valence-electron chi connectivity index (χ1n) is 5.63. The number of rotatable bonds is 3. The molecule has 0 amide bonds. The van der Waals surface area contributed by atoms with Gasteiger partial charge in [-0.3, -0.25) is 4.72 Å². The zero-order valence-electron chi connectivity index (χ0n) is 10.5. The van der Waals surface area contributed by atoms with Gasteiger partial charge in [-0.05, 0) is 42.8 Å². The van der Waals surface area contributed by atoms with Crippen LogP contribution in [0.4, 0.5) is 15.8 Å². The van der Waals surface area contributed by atoms with E-state index in [0.29, 0.717) is 11.3 Å². The maximum atomic E-state index is 13.3. The van der Waals surface area contributed by atoms with Gasteiger partial charge in [0.15, 0.2) is 0 Å². The molecule has 0 unspecified atom stereocenters. The van der Waals surface area contributed by atoms with Crippen molar-refractivity contribution in [3.05, 3.63) is 52.3 Å². The van der Waals surface area contributed by atoms with Gasteiger partial charge >= 0.3 is 0 Å². The van der Waals surface area contributed by atoms with E-state index >= 15 is 0 Å². The van der Waals surface area contributed by atoms with Gasteiger partial charge in [0.25, 0.3) is 10.0 Å². The van der Waals surface area contributed by atoms with E-state index in [0.717, 1.165) is 16.6 Å². The lowest BCUT2D eigenvalue weighted by atomic mass is 10.2. The fourth-order valence-corrected chi connectivity index (χ4v) is 3.43. The van der Waals surface area contributed by atoms with Crippen molar-refractivity contribution in [2.24, 2.45) is 0 Å². The normalized spacial score (nSPS) is 11.3. The Balaban J connectivity index is 2.43. The van der Waals surface area contributed by atoms with Crippen LogP contribution in [0, 0.1) is 12.7 Å².